The maximum Gasteiger partial charge on any atom is 0.316 e. The summed E-state index contributed by atoms with van der Waals surface area (Å²) in [5.74, 6) is -1.95. The minimum absolute atomic E-state index is 0.0778. The van der Waals surface area contributed by atoms with Gasteiger partial charge >= 0.3 is 5.97 Å². The number of aliphatic imine (C=N–C) groups is 1. The van der Waals surface area contributed by atoms with E-state index in [1.54, 1.807) is 39.0 Å². The van der Waals surface area contributed by atoms with Gasteiger partial charge in [0.2, 0.25) is 5.96 Å². The molecule has 0 aliphatic carbocycles. The van der Waals surface area contributed by atoms with E-state index in [4.69, 9.17) is 10.5 Å². The lowest BCUT2D eigenvalue weighted by atomic mass is 9.95. The molecule has 172 valence electrons. The molecule has 0 aliphatic rings. The zero-order chi connectivity index (χ0) is 23.7. The van der Waals surface area contributed by atoms with Crippen LogP contribution in [-0.4, -0.2) is 38.3 Å². The molecule has 0 saturated heterocycles. The highest BCUT2D eigenvalue weighted by atomic mass is 32.2. The quantitative estimate of drug-likeness (QED) is 0.133. The van der Waals surface area contributed by atoms with Crippen molar-refractivity contribution < 1.29 is 22.7 Å². The number of aryl methyl sites for hydroxylation is 1. The molecule has 0 aliphatic heterocycles. The largest absolute Gasteiger partial charge is 0.459 e. The molecule has 0 aromatic heterocycles. The number of ether oxygens (including phenoxy) is 1. The first-order valence-electron chi connectivity index (χ1n) is 10.1. The van der Waals surface area contributed by atoms with E-state index in [1.807, 2.05) is 6.92 Å². The van der Waals surface area contributed by atoms with Crippen molar-refractivity contribution in [3.8, 4) is 0 Å². The maximum atomic E-state index is 12.4. The van der Waals surface area contributed by atoms with E-state index in [1.165, 1.54) is 12.1 Å². The number of carbonyl (C=O) groups excluding carboxylic acids is 2. The summed E-state index contributed by atoms with van der Waals surface area (Å²) in [5, 5.41) is 0. The van der Waals surface area contributed by atoms with Gasteiger partial charge in [0.25, 0.3) is 10.0 Å². The third kappa shape index (κ3) is 9.78. The highest BCUT2D eigenvalue weighted by molar-refractivity contribution is 7.90. The first kappa shape index (κ1) is 26.4. The second-order valence-electron chi connectivity index (χ2n) is 8.21. The fraction of sp³-hybridized carbons (Fsp3) is 0.500. The number of nitrogens with one attached hydrogen (secondary N) is 1. The Labute approximate surface area is 185 Å². The first-order chi connectivity index (χ1) is 14.4. The predicted molar refractivity (Wildman–Crippen MR) is 121 cm³/mol. The lowest BCUT2D eigenvalue weighted by Crippen LogP contribution is -2.37. The van der Waals surface area contributed by atoms with Crippen LogP contribution in [0.2, 0.25) is 0 Å². The number of rotatable bonds is 11. The maximum absolute atomic E-state index is 12.4. The zero-order valence-electron chi connectivity index (χ0n) is 18.7. The Morgan fingerprint density at radius 3 is 2.42 bits per heavy atom. The summed E-state index contributed by atoms with van der Waals surface area (Å²) >= 11 is 0. The van der Waals surface area contributed by atoms with Crippen molar-refractivity contribution in [2.24, 2.45) is 16.6 Å². The molecule has 0 saturated carbocycles. The van der Waals surface area contributed by atoms with Crippen molar-refractivity contribution in [2.75, 3.05) is 6.54 Å². The Balaban J connectivity index is 2.71. The van der Waals surface area contributed by atoms with Gasteiger partial charge < -0.3 is 10.5 Å². The van der Waals surface area contributed by atoms with Crippen LogP contribution in [0.15, 0.2) is 46.8 Å². The molecule has 0 bridgehead atoms. The van der Waals surface area contributed by atoms with Crippen LogP contribution in [0, 0.1) is 12.8 Å². The van der Waals surface area contributed by atoms with Crippen molar-refractivity contribution in [1.82, 2.24) is 4.72 Å². The van der Waals surface area contributed by atoms with E-state index in [2.05, 4.69) is 16.3 Å². The zero-order valence-corrected chi connectivity index (χ0v) is 19.5. The van der Waals surface area contributed by atoms with Crippen molar-refractivity contribution in [3.63, 3.8) is 0 Å². The fourth-order valence-electron chi connectivity index (χ4n) is 2.64. The second kappa shape index (κ2) is 11.6. The number of guanidine groups is 1. The van der Waals surface area contributed by atoms with Crippen LogP contribution < -0.4 is 10.5 Å². The van der Waals surface area contributed by atoms with E-state index in [0.717, 1.165) is 5.56 Å². The van der Waals surface area contributed by atoms with Gasteiger partial charge in [0.05, 0.1) is 4.90 Å². The Morgan fingerprint density at radius 1 is 1.26 bits per heavy atom. The monoisotopic (exact) mass is 451 g/mol. The fourth-order valence-corrected chi connectivity index (χ4v) is 3.60. The van der Waals surface area contributed by atoms with Crippen LogP contribution in [0.1, 0.15) is 52.0 Å². The number of hydrogen-bond donors (Lipinski definition) is 2. The normalized spacial score (nSPS) is 13.4. The molecule has 0 heterocycles. The predicted octanol–water partition coefficient (Wildman–Crippen LogP) is 2.86. The highest BCUT2D eigenvalue weighted by Crippen LogP contribution is 2.18. The smallest absolute Gasteiger partial charge is 0.316 e. The van der Waals surface area contributed by atoms with Crippen molar-refractivity contribution in [1.29, 1.82) is 0 Å². The average Bonchev–Trinajstić information content (AvgIpc) is 2.64. The molecule has 3 N–H and O–H groups in total. The van der Waals surface area contributed by atoms with Crippen LogP contribution in [0.25, 0.3) is 0 Å². The lowest BCUT2D eigenvalue weighted by Gasteiger charge is -2.23. The van der Waals surface area contributed by atoms with Gasteiger partial charge in [0.1, 0.15) is 17.3 Å². The average molecular weight is 452 g/mol. The molecule has 31 heavy (non-hydrogen) atoms. The molecule has 1 aromatic carbocycles. The van der Waals surface area contributed by atoms with E-state index in [0.29, 0.717) is 12.8 Å². The van der Waals surface area contributed by atoms with E-state index in [-0.39, 0.29) is 36.0 Å². The second-order valence-corrected chi connectivity index (χ2v) is 9.89. The van der Waals surface area contributed by atoms with Gasteiger partial charge in [-0.05, 0) is 59.1 Å². The SMILES string of the molecule is C=CCCC(=O)C(CCCN=C(N)NS(=O)(=O)c1ccc(C)cc1)C(=O)OC(C)(C)C. The van der Waals surface area contributed by atoms with Crippen molar-refractivity contribution in [2.45, 2.75) is 63.9 Å². The standard InChI is InChI=1S/C22H33N3O5S/c1-6-7-10-19(26)18(20(27)30-22(3,4)5)9-8-15-24-21(23)25-31(28,29)17-13-11-16(2)12-14-17/h6,11-14,18H,1,7-10,15H2,2-5H3,(H3,23,24,25). The van der Waals surface area contributed by atoms with Crippen molar-refractivity contribution in [3.05, 3.63) is 42.5 Å². The number of esters is 1. The van der Waals surface area contributed by atoms with Gasteiger partial charge in [0, 0.05) is 13.0 Å². The number of allylic oxidation sites excluding steroid dienone is 1. The van der Waals surface area contributed by atoms with Gasteiger partial charge in [0.15, 0.2) is 0 Å². The van der Waals surface area contributed by atoms with Gasteiger partial charge in [-0.25, -0.2) is 13.1 Å². The van der Waals surface area contributed by atoms with Crippen LogP contribution in [0.3, 0.4) is 0 Å². The molecule has 8 nitrogen and oxygen atoms in total. The molecular formula is C22H33N3O5S. The van der Waals surface area contributed by atoms with Crippen LogP contribution >= 0.6 is 0 Å². The Morgan fingerprint density at radius 2 is 1.87 bits per heavy atom. The summed E-state index contributed by atoms with van der Waals surface area (Å²) in [6.45, 7) is 10.8. The Kier molecular flexibility index (Phi) is 9.90. The molecule has 0 radical (unpaired) electrons. The number of sulfonamides is 1. The third-order valence-electron chi connectivity index (χ3n) is 4.18. The number of hydrogen-bond acceptors (Lipinski definition) is 6. The summed E-state index contributed by atoms with van der Waals surface area (Å²) in [6, 6.07) is 6.32. The topological polar surface area (TPSA) is 128 Å². The summed E-state index contributed by atoms with van der Waals surface area (Å²) < 4.78 is 32.2. The summed E-state index contributed by atoms with van der Waals surface area (Å²) in [5.41, 5.74) is 5.93. The number of nitrogens with zero attached hydrogens (tertiary/aromatic N) is 1. The lowest BCUT2D eigenvalue weighted by molar-refractivity contribution is -0.162. The van der Waals surface area contributed by atoms with E-state index < -0.39 is 27.5 Å². The molecule has 1 unspecified atom stereocenters. The summed E-state index contributed by atoms with van der Waals surface area (Å²) in [4.78, 5) is 28.9. The first-order valence-corrected chi connectivity index (χ1v) is 11.6. The molecule has 0 fully saturated rings. The number of ketones is 1. The molecule has 0 amide bonds. The molecule has 1 rings (SSSR count). The number of benzene rings is 1. The molecule has 1 atom stereocenters. The summed E-state index contributed by atoms with van der Waals surface area (Å²) in [7, 11) is -3.83. The molecule has 0 spiro atoms. The van der Waals surface area contributed by atoms with Gasteiger partial charge in [-0.15, -0.1) is 6.58 Å². The van der Waals surface area contributed by atoms with Gasteiger partial charge in [-0.3, -0.25) is 14.6 Å². The number of nitrogens with two attached hydrogens (primary N) is 1. The number of carbonyl (C=O) groups is 2. The Hall–Kier alpha value is -2.68. The number of Topliss-reactive ketones (excluding diaryl/α,β-unsaturated/α-hetero) is 1. The van der Waals surface area contributed by atoms with Crippen molar-refractivity contribution >= 4 is 27.7 Å². The summed E-state index contributed by atoms with van der Waals surface area (Å²) in [6.07, 6.45) is 2.89. The highest BCUT2D eigenvalue weighted by Gasteiger charge is 2.30. The van der Waals surface area contributed by atoms with Gasteiger partial charge in [-0.2, -0.15) is 0 Å². The molecular weight excluding hydrogens is 418 g/mol. The van der Waals surface area contributed by atoms with Crippen LogP contribution in [0.4, 0.5) is 0 Å². The van der Waals surface area contributed by atoms with Crippen LogP contribution in [0.5, 0.6) is 0 Å². The van der Waals surface area contributed by atoms with E-state index in [9.17, 15) is 18.0 Å². The Bertz CT molecular complexity index is 900. The third-order valence-corrected chi connectivity index (χ3v) is 5.55. The molecule has 1 aromatic rings. The van der Waals surface area contributed by atoms with Gasteiger partial charge in [-0.1, -0.05) is 23.8 Å². The minimum atomic E-state index is -3.83. The molecule has 9 heteroatoms. The van der Waals surface area contributed by atoms with Crippen LogP contribution in [-0.2, 0) is 24.3 Å². The minimum Gasteiger partial charge on any atom is -0.459 e. The van der Waals surface area contributed by atoms with E-state index >= 15 is 0 Å².